The van der Waals surface area contributed by atoms with Gasteiger partial charge < -0.3 is 0 Å². The summed E-state index contributed by atoms with van der Waals surface area (Å²) >= 11 is -1.77. The Bertz CT molecular complexity index is 294. The number of rotatable bonds is 7. The van der Waals surface area contributed by atoms with Crippen molar-refractivity contribution in [2.45, 2.75) is 52.1 Å². The van der Waals surface area contributed by atoms with Crippen molar-refractivity contribution in [1.29, 1.82) is 0 Å². The van der Waals surface area contributed by atoms with Crippen molar-refractivity contribution in [1.82, 2.24) is 0 Å². The van der Waals surface area contributed by atoms with Gasteiger partial charge in [0.15, 0.2) is 0 Å². The van der Waals surface area contributed by atoms with Crippen LogP contribution in [0, 0.1) is 0 Å². The molecule has 1 rings (SSSR count). The number of aliphatic hydroxyl groups excluding tert-OH is 8. The van der Waals surface area contributed by atoms with Crippen LogP contribution in [-0.4, -0.2) is 105 Å². The first kappa shape index (κ1) is 18.2. The summed E-state index contributed by atoms with van der Waals surface area (Å²) in [6.07, 6.45) is -8.24. The molecule has 8 N–H and O–H groups in total. The molecule has 0 spiro atoms. The molecule has 1 aliphatic rings. The molecule has 20 heavy (non-hydrogen) atoms. The normalized spacial score (nSPS) is 36.6. The summed E-state index contributed by atoms with van der Waals surface area (Å²) in [6.45, 7) is -1.06. The molecule has 1 heterocycles. The molecule has 0 aromatic heterocycles. The van der Waals surface area contributed by atoms with Crippen molar-refractivity contribution < 1.29 is 40.9 Å². The standard InChI is InChI=1S/C11H23O8Se/c12-1-5(14)10(18)11(19)7(16)4-20-3-6(15)9(17)8(20)2-13/h5-19H,1-4H2/q+1/t5-,6+,7+,8+,9-,10+,11+,20?/m0/s1. The van der Waals surface area contributed by atoms with E-state index in [1.165, 1.54) is 0 Å². The van der Waals surface area contributed by atoms with Gasteiger partial charge in [-0.3, -0.25) is 0 Å². The van der Waals surface area contributed by atoms with Crippen LogP contribution in [-0.2, 0) is 0 Å². The van der Waals surface area contributed by atoms with E-state index < -0.39 is 61.9 Å². The second kappa shape index (κ2) is 8.00. The summed E-state index contributed by atoms with van der Waals surface area (Å²) < 4.78 is 0. The van der Waals surface area contributed by atoms with E-state index in [-0.39, 0.29) is 17.2 Å². The molecule has 1 aliphatic heterocycles. The van der Waals surface area contributed by atoms with Crippen LogP contribution in [0.15, 0.2) is 0 Å². The van der Waals surface area contributed by atoms with E-state index in [0.717, 1.165) is 0 Å². The van der Waals surface area contributed by atoms with Gasteiger partial charge in [0.05, 0.1) is 0 Å². The van der Waals surface area contributed by atoms with Gasteiger partial charge in [-0.2, -0.15) is 0 Å². The van der Waals surface area contributed by atoms with Gasteiger partial charge in [0.1, 0.15) is 0 Å². The summed E-state index contributed by atoms with van der Waals surface area (Å²) in [7, 11) is 0. The number of hydrogen-bond acceptors (Lipinski definition) is 8. The Morgan fingerprint density at radius 1 is 0.950 bits per heavy atom. The van der Waals surface area contributed by atoms with Crippen molar-refractivity contribution in [3.63, 3.8) is 0 Å². The Labute approximate surface area is 120 Å². The molecular formula is C11H23O8Se+. The first-order valence-electron chi connectivity index (χ1n) is 6.29. The molecule has 0 aromatic rings. The van der Waals surface area contributed by atoms with E-state index >= 15 is 0 Å². The third-order valence-electron chi connectivity index (χ3n) is 3.48. The Kier molecular flexibility index (Phi) is 7.30. The van der Waals surface area contributed by atoms with E-state index in [0.29, 0.717) is 0 Å². The molecule has 9 heteroatoms. The summed E-state index contributed by atoms with van der Waals surface area (Å²) in [5.74, 6) is 0. The molecular weight excluding hydrogens is 339 g/mol. The summed E-state index contributed by atoms with van der Waals surface area (Å²) in [6, 6.07) is 0. The molecule has 8 nitrogen and oxygen atoms in total. The first-order valence-corrected chi connectivity index (χ1v) is 9.71. The number of aliphatic hydroxyl groups is 8. The summed E-state index contributed by atoms with van der Waals surface area (Å²) in [5.41, 5.74) is 0. The zero-order chi connectivity index (χ0) is 15.4. The molecule has 0 amide bonds. The van der Waals surface area contributed by atoms with Crippen LogP contribution >= 0.6 is 0 Å². The summed E-state index contributed by atoms with van der Waals surface area (Å²) in [5, 5.41) is 75.7. The Hall–Kier alpha value is 0.199. The monoisotopic (exact) mass is 363 g/mol. The predicted molar refractivity (Wildman–Crippen MR) is 69.3 cm³/mol. The molecule has 1 saturated heterocycles. The molecule has 0 saturated carbocycles. The first-order chi connectivity index (χ1) is 9.33. The molecule has 0 aromatic carbocycles. The van der Waals surface area contributed by atoms with Crippen molar-refractivity contribution in [2.75, 3.05) is 13.2 Å². The van der Waals surface area contributed by atoms with Crippen LogP contribution in [0.25, 0.3) is 0 Å². The van der Waals surface area contributed by atoms with Crippen molar-refractivity contribution in [2.24, 2.45) is 0 Å². The molecule has 1 unspecified atom stereocenters. The average molecular weight is 362 g/mol. The third-order valence-corrected chi connectivity index (χ3v) is 9.40. The molecule has 0 aliphatic carbocycles. The fraction of sp³-hybridized carbons (Fsp3) is 1.00. The van der Waals surface area contributed by atoms with Gasteiger partial charge in [-0.05, 0) is 0 Å². The van der Waals surface area contributed by atoms with Gasteiger partial charge in [-0.1, -0.05) is 0 Å². The van der Waals surface area contributed by atoms with Crippen molar-refractivity contribution >= 4 is 13.9 Å². The van der Waals surface area contributed by atoms with E-state index in [4.69, 9.17) is 5.11 Å². The van der Waals surface area contributed by atoms with Crippen LogP contribution in [0.1, 0.15) is 0 Å². The Balaban J connectivity index is 2.59. The molecule has 0 bridgehead atoms. The van der Waals surface area contributed by atoms with Crippen LogP contribution in [0.5, 0.6) is 0 Å². The van der Waals surface area contributed by atoms with E-state index in [9.17, 15) is 35.7 Å². The van der Waals surface area contributed by atoms with Gasteiger partial charge in [0.2, 0.25) is 0 Å². The fourth-order valence-electron chi connectivity index (χ4n) is 2.17. The summed E-state index contributed by atoms with van der Waals surface area (Å²) in [4.78, 5) is -0.494. The van der Waals surface area contributed by atoms with E-state index in [1.54, 1.807) is 0 Å². The number of hydrogen-bond donors (Lipinski definition) is 8. The second-order valence-corrected chi connectivity index (χ2v) is 9.87. The minimum absolute atomic E-state index is 0.0652. The van der Waals surface area contributed by atoms with Gasteiger partial charge in [-0.25, -0.2) is 0 Å². The fourth-order valence-corrected chi connectivity index (χ4v) is 7.81. The molecule has 120 valence electrons. The van der Waals surface area contributed by atoms with Gasteiger partial charge in [-0.15, -0.1) is 0 Å². The van der Waals surface area contributed by atoms with Gasteiger partial charge in [0, 0.05) is 0 Å². The third kappa shape index (κ3) is 4.11. The van der Waals surface area contributed by atoms with Gasteiger partial charge in [0.25, 0.3) is 0 Å². The van der Waals surface area contributed by atoms with Crippen LogP contribution < -0.4 is 0 Å². The van der Waals surface area contributed by atoms with Crippen LogP contribution in [0.2, 0.25) is 15.5 Å². The van der Waals surface area contributed by atoms with Crippen LogP contribution in [0.4, 0.5) is 0 Å². The Morgan fingerprint density at radius 3 is 2.00 bits per heavy atom. The molecule has 0 radical (unpaired) electrons. The topological polar surface area (TPSA) is 162 Å². The SMILES string of the molecule is OC[C@@H]1[C@@H](O)[C@H](O)C[Se+]1C[C@@H](O)[C@@H](O)[C@H](O)[C@@H](O)CO. The van der Waals surface area contributed by atoms with Gasteiger partial charge >= 0.3 is 120 Å². The zero-order valence-corrected chi connectivity index (χ0v) is 12.6. The Morgan fingerprint density at radius 2 is 1.50 bits per heavy atom. The van der Waals surface area contributed by atoms with E-state index in [2.05, 4.69) is 0 Å². The average Bonchev–Trinajstić information content (AvgIpc) is 2.70. The van der Waals surface area contributed by atoms with E-state index in [1.807, 2.05) is 0 Å². The quantitative estimate of drug-likeness (QED) is 0.213. The second-order valence-electron chi connectivity index (χ2n) is 4.95. The minimum atomic E-state index is -1.77. The van der Waals surface area contributed by atoms with Crippen LogP contribution in [0.3, 0.4) is 0 Å². The maximum absolute atomic E-state index is 9.86. The zero-order valence-electron chi connectivity index (χ0n) is 10.9. The van der Waals surface area contributed by atoms with Crippen molar-refractivity contribution in [3.8, 4) is 0 Å². The van der Waals surface area contributed by atoms with Crippen molar-refractivity contribution in [3.05, 3.63) is 0 Å². The molecule has 1 fully saturated rings. The predicted octanol–water partition coefficient (Wildman–Crippen LogP) is -3.98. The maximum atomic E-state index is 9.86. The molecule has 8 atom stereocenters.